The van der Waals surface area contributed by atoms with Crippen LogP contribution in [0.1, 0.15) is 64.1 Å². The van der Waals surface area contributed by atoms with Crippen LogP contribution in [-0.4, -0.2) is 31.6 Å². The first-order chi connectivity index (χ1) is 18.6. The van der Waals surface area contributed by atoms with Gasteiger partial charge in [0.25, 0.3) is 5.91 Å². The molecule has 0 saturated carbocycles. The van der Waals surface area contributed by atoms with Crippen LogP contribution in [0.2, 0.25) is 0 Å². The Morgan fingerprint density at radius 3 is 2.66 bits per heavy atom. The first-order valence-electron chi connectivity index (χ1n) is 12.6. The van der Waals surface area contributed by atoms with Gasteiger partial charge in [0.05, 0.1) is 35.3 Å². The molecule has 0 fully saturated rings. The van der Waals surface area contributed by atoms with Gasteiger partial charge < -0.3 is 16.0 Å². The van der Waals surface area contributed by atoms with Crippen LogP contribution < -0.4 is 11.1 Å². The largest absolute Gasteiger partial charge is 0.397 e. The van der Waals surface area contributed by atoms with Crippen LogP contribution in [-0.2, 0) is 0 Å². The van der Waals surface area contributed by atoms with Crippen LogP contribution in [0, 0.1) is 0 Å². The highest BCUT2D eigenvalue weighted by molar-refractivity contribution is 7.11. The van der Waals surface area contributed by atoms with Gasteiger partial charge in [-0.3, -0.25) is 19.6 Å². The van der Waals surface area contributed by atoms with Crippen molar-refractivity contribution in [3.63, 3.8) is 0 Å². The first kappa shape index (κ1) is 25.3. The molecule has 0 aliphatic heterocycles. The summed E-state index contributed by atoms with van der Waals surface area (Å²) in [5, 5.41) is 5.43. The second-order valence-corrected chi connectivity index (χ2v) is 9.99. The number of carbonyl (C=O) groups is 2. The molecule has 9 heteroatoms. The fourth-order valence-electron chi connectivity index (χ4n) is 4.43. The molecule has 1 amide bonds. The SMILES string of the molecule is Nc1cccnc1C(=O)CCCCC[C@H](NC(=O)c1cncs1)c1ncc(-c2ccc3ccccc3c2)[nH]1. The summed E-state index contributed by atoms with van der Waals surface area (Å²) in [6, 6.07) is 17.6. The smallest absolute Gasteiger partial charge is 0.263 e. The van der Waals surface area contributed by atoms with E-state index in [2.05, 4.69) is 55.6 Å². The van der Waals surface area contributed by atoms with Gasteiger partial charge in [0.15, 0.2) is 5.78 Å². The van der Waals surface area contributed by atoms with E-state index in [0.29, 0.717) is 41.3 Å². The molecule has 0 unspecified atom stereocenters. The van der Waals surface area contributed by atoms with E-state index in [0.717, 1.165) is 29.5 Å². The Hall–Kier alpha value is -4.37. The van der Waals surface area contributed by atoms with Crippen molar-refractivity contribution in [2.45, 2.75) is 38.1 Å². The zero-order valence-corrected chi connectivity index (χ0v) is 21.6. The van der Waals surface area contributed by atoms with Crippen molar-refractivity contribution in [3.05, 3.63) is 95.1 Å². The summed E-state index contributed by atoms with van der Waals surface area (Å²) in [6.07, 6.45) is 8.35. The number of nitrogens with zero attached hydrogens (tertiary/aromatic N) is 3. The van der Waals surface area contributed by atoms with Crippen molar-refractivity contribution in [1.29, 1.82) is 0 Å². The van der Waals surface area contributed by atoms with Gasteiger partial charge in [-0.05, 0) is 41.8 Å². The molecule has 0 spiro atoms. The maximum Gasteiger partial charge on any atom is 0.263 e. The quantitative estimate of drug-likeness (QED) is 0.144. The van der Waals surface area contributed by atoms with Gasteiger partial charge in [-0.25, -0.2) is 4.98 Å². The molecule has 0 radical (unpaired) electrons. The number of H-pyrrole nitrogens is 1. The maximum atomic E-state index is 12.8. The van der Waals surface area contributed by atoms with Crippen molar-refractivity contribution >= 4 is 39.5 Å². The Kier molecular flexibility index (Phi) is 7.84. The van der Waals surface area contributed by atoms with Crippen LogP contribution in [0.3, 0.4) is 0 Å². The highest BCUT2D eigenvalue weighted by Gasteiger charge is 2.20. The summed E-state index contributed by atoms with van der Waals surface area (Å²) in [7, 11) is 0. The number of nitrogens with two attached hydrogens (primary N) is 1. The number of ketones is 1. The summed E-state index contributed by atoms with van der Waals surface area (Å²) in [6.45, 7) is 0. The molecule has 4 N–H and O–H groups in total. The summed E-state index contributed by atoms with van der Waals surface area (Å²) in [4.78, 5) is 42.0. The third-order valence-electron chi connectivity index (χ3n) is 6.45. The number of hydrogen-bond acceptors (Lipinski definition) is 7. The topological polar surface area (TPSA) is 127 Å². The zero-order valence-electron chi connectivity index (χ0n) is 20.8. The van der Waals surface area contributed by atoms with Crippen LogP contribution in [0.25, 0.3) is 22.0 Å². The molecule has 0 aliphatic carbocycles. The number of benzene rings is 2. The van der Waals surface area contributed by atoms with Gasteiger partial charge >= 0.3 is 0 Å². The number of anilines is 1. The lowest BCUT2D eigenvalue weighted by Gasteiger charge is -2.16. The summed E-state index contributed by atoms with van der Waals surface area (Å²) < 4.78 is 0. The number of nitrogens with one attached hydrogen (secondary N) is 2. The van der Waals surface area contributed by atoms with Crippen LogP contribution in [0.5, 0.6) is 0 Å². The number of Topliss-reactive ketones (excluding diaryl/α,β-unsaturated/α-hetero) is 1. The Morgan fingerprint density at radius 2 is 1.84 bits per heavy atom. The summed E-state index contributed by atoms with van der Waals surface area (Å²) >= 11 is 1.30. The maximum absolute atomic E-state index is 12.8. The van der Waals surface area contributed by atoms with Gasteiger partial charge in [0, 0.05) is 18.2 Å². The summed E-state index contributed by atoms with van der Waals surface area (Å²) in [5.74, 6) is 0.467. The molecular weight excluding hydrogens is 496 g/mol. The predicted molar refractivity (Wildman–Crippen MR) is 150 cm³/mol. The normalized spacial score (nSPS) is 11.9. The number of unbranched alkanes of at least 4 members (excludes halogenated alkanes) is 2. The minimum atomic E-state index is -0.305. The average Bonchev–Trinajstić information content (AvgIpc) is 3.65. The highest BCUT2D eigenvalue weighted by atomic mass is 32.1. The lowest BCUT2D eigenvalue weighted by atomic mass is 10.0. The minimum Gasteiger partial charge on any atom is -0.397 e. The van der Waals surface area contributed by atoms with E-state index in [1.54, 1.807) is 36.2 Å². The number of nitrogen functional groups attached to an aromatic ring is 1. The van der Waals surface area contributed by atoms with Crippen LogP contribution >= 0.6 is 11.3 Å². The third kappa shape index (κ3) is 5.95. The number of fused-ring (bicyclic) bond motifs is 1. The van der Waals surface area contributed by atoms with E-state index in [4.69, 9.17) is 5.73 Å². The first-order valence-corrected chi connectivity index (χ1v) is 13.4. The third-order valence-corrected chi connectivity index (χ3v) is 7.22. The Bertz CT molecular complexity index is 1550. The molecule has 0 aliphatic rings. The Labute approximate surface area is 224 Å². The monoisotopic (exact) mass is 524 g/mol. The molecule has 5 rings (SSSR count). The van der Waals surface area contributed by atoms with E-state index in [9.17, 15) is 9.59 Å². The second-order valence-electron chi connectivity index (χ2n) is 9.10. The predicted octanol–water partition coefficient (Wildman–Crippen LogP) is 5.97. The molecule has 0 bridgehead atoms. The van der Waals surface area contributed by atoms with Gasteiger partial charge in [-0.2, -0.15) is 0 Å². The summed E-state index contributed by atoms with van der Waals surface area (Å²) in [5.41, 5.74) is 10.2. The number of thiazole rings is 1. The van der Waals surface area contributed by atoms with Crippen LogP contribution in [0.15, 0.2) is 78.7 Å². The van der Waals surface area contributed by atoms with Crippen molar-refractivity contribution in [3.8, 4) is 11.3 Å². The van der Waals surface area contributed by atoms with Crippen molar-refractivity contribution in [2.75, 3.05) is 5.73 Å². The average molecular weight is 525 g/mol. The van der Waals surface area contributed by atoms with Crippen molar-refractivity contribution in [2.24, 2.45) is 0 Å². The van der Waals surface area contributed by atoms with Crippen molar-refractivity contribution in [1.82, 2.24) is 25.3 Å². The van der Waals surface area contributed by atoms with Gasteiger partial charge in [0.1, 0.15) is 16.4 Å². The lowest BCUT2D eigenvalue weighted by Crippen LogP contribution is -2.28. The molecule has 3 heterocycles. The van der Waals surface area contributed by atoms with E-state index < -0.39 is 0 Å². The molecular formula is C29H28N6O2S. The molecule has 5 aromatic rings. The van der Waals surface area contributed by atoms with E-state index >= 15 is 0 Å². The number of amides is 1. The Balaban J connectivity index is 1.25. The molecule has 1 atom stereocenters. The zero-order chi connectivity index (χ0) is 26.3. The molecule has 3 aromatic heterocycles. The van der Waals surface area contributed by atoms with E-state index in [-0.39, 0.29) is 17.7 Å². The van der Waals surface area contributed by atoms with E-state index in [1.807, 2.05) is 12.1 Å². The molecule has 192 valence electrons. The van der Waals surface area contributed by atoms with Gasteiger partial charge in [-0.15, -0.1) is 11.3 Å². The van der Waals surface area contributed by atoms with Crippen LogP contribution in [0.4, 0.5) is 5.69 Å². The molecule has 2 aromatic carbocycles. The molecule has 38 heavy (non-hydrogen) atoms. The second kappa shape index (κ2) is 11.8. The van der Waals surface area contributed by atoms with Crippen molar-refractivity contribution < 1.29 is 9.59 Å². The fraction of sp³-hybridized carbons (Fsp3) is 0.207. The standard InChI is InChI=1S/C29H28N6O2S/c30-22-9-6-14-32-27(22)25(36)11-3-1-2-10-23(35-29(37)26-17-31-18-38-26)28-33-16-24(34-28)21-13-12-19-7-4-5-8-20(19)15-21/h4-9,12-18,23H,1-3,10-11,30H2,(H,33,34)(H,35,37)/t23-/m0/s1. The number of aromatic nitrogens is 4. The number of imidazole rings is 1. The molecule has 0 saturated heterocycles. The number of rotatable bonds is 11. The lowest BCUT2D eigenvalue weighted by molar-refractivity contribution is 0.0935. The number of hydrogen-bond donors (Lipinski definition) is 3. The van der Waals surface area contributed by atoms with E-state index in [1.165, 1.54) is 16.7 Å². The van der Waals surface area contributed by atoms with Gasteiger partial charge in [0.2, 0.25) is 0 Å². The fourth-order valence-corrected chi connectivity index (χ4v) is 4.95. The number of aromatic amines is 1. The number of pyridine rings is 1. The highest BCUT2D eigenvalue weighted by Crippen LogP contribution is 2.26. The number of carbonyl (C=O) groups excluding carboxylic acids is 2. The minimum absolute atomic E-state index is 0.0517. The van der Waals surface area contributed by atoms with Gasteiger partial charge in [-0.1, -0.05) is 49.2 Å². The molecule has 8 nitrogen and oxygen atoms in total. The Morgan fingerprint density at radius 1 is 0.974 bits per heavy atom.